The second kappa shape index (κ2) is 10.1. The number of aliphatic imine (C=N–C) groups is 1. The van der Waals surface area contributed by atoms with Crippen LogP contribution in [0.5, 0.6) is 0 Å². The summed E-state index contributed by atoms with van der Waals surface area (Å²) in [5.41, 5.74) is 12.3. The molecule has 1 atom stereocenters. The van der Waals surface area contributed by atoms with E-state index in [1.165, 1.54) is 16.7 Å². The fourth-order valence-electron chi connectivity index (χ4n) is 6.52. The molecular weight excluding hydrogens is 512 g/mol. The monoisotopic (exact) mass is 542 g/mol. The molecule has 0 radical (unpaired) electrons. The molecule has 1 aliphatic heterocycles. The van der Waals surface area contributed by atoms with Gasteiger partial charge in [-0.25, -0.2) is 9.97 Å². The van der Waals surface area contributed by atoms with Crippen LogP contribution in [0.15, 0.2) is 126 Å². The van der Waals surface area contributed by atoms with E-state index >= 15 is 0 Å². The van der Waals surface area contributed by atoms with Gasteiger partial charge in [-0.3, -0.25) is 9.56 Å². The second-order valence-electron chi connectivity index (χ2n) is 11.0. The Morgan fingerprint density at radius 3 is 2.45 bits per heavy atom. The first-order valence-electron chi connectivity index (χ1n) is 14.8. The van der Waals surface area contributed by atoms with E-state index < -0.39 is 0 Å². The molecule has 42 heavy (non-hydrogen) atoms. The molecule has 0 spiro atoms. The van der Waals surface area contributed by atoms with Crippen molar-refractivity contribution in [3.8, 4) is 28.1 Å². The molecule has 8 rings (SSSR count). The molecular formula is C38H30N4. The van der Waals surface area contributed by atoms with E-state index in [9.17, 15) is 0 Å². The van der Waals surface area contributed by atoms with Gasteiger partial charge >= 0.3 is 0 Å². The third-order valence-electron chi connectivity index (χ3n) is 8.53. The lowest BCUT2D eigenvalue weighted by Gasteiger charge is -2.18. The number of aryl methyl sites for hydroxylation is 1. The Labute approximate surface area is 245 Å². The Hall–Kier alpha value is -5.09. The first-order chi connectivity index (χ1) is 20.8. The van der Waals surface area contributed by atoms with E-state index in [0.717, 1.165) is 75.4 Å². The molecule has 0 bridgehead atoms. The number of hydrogen-bond donors (Lipinski definition) is 0. The summed E-state index contributed by atoms with van der Waals surface area (Å²) in [5, 5.41) is 1.13. The minimum atomic E-state index is 0.252. The fourth-order valence-corrected chi connectivity index (χ4v) is 6.52. The minimum absolute atomic E-state index is 0.252. The molecule has 0 saturated heterocycles. The lowest BCUT2D eigenvalue weighted by molar-refractivity contribution is 0.795. The lowest BCUT2D eigenvalue weighted by atomic mass is 9.86. The number of aromatic nitrogens is 3. The molecule has 4 heteroatoms. The number of imidazole rings is 1. The van der Waals surface area contributed by atoms with Crippen molar-refractivity contribution in [1.29, 1.82) is 0 Å². The summed E-state index contributed by atoms with van der Waals surface area (Å²) in [6.07, 6.45) is 11.6. The molecule has 202 valence electrons. The van der Waals surface area contributed by atoms with Gasteiger partial charge in [0.2, 0.25) is 0 Å². The maximum atomic E-state index is 5.23. The summed E-state index contributed by atoms with van der Waals surface area (Å²) >= 11 is 0. The Kier molecular flexibility index (Phi) is 5.92. The van der Waals surface area contributed by atoms with Crippen LogP contribution < -0.4 is 0 Å². The second-order valence-corrected chi connectivity index (χ2v) is 11.0. The minimum Gasteiger partial charge on any atom is -0.296 e. The summed E-state index contributed by atoms with van der Waals surface area (Å²) in [6.45, 7) is 2.16. The van der Waals surface area contributed by atoms with Gasteiger partial charge in [-0.15, -0.1) is 0 Å². The van der Waals surface area contributed by atoms with E-state index in [0.29, 0.717) is 0 Å². The molecule has 4 aromatic carbocycles. The van der Waals surface area contributed by atoms with Gasteiger partial charge in [0.1, 0.15) is 5.82 Å². The number of benzene rings is 4. The van der Waals surface area contributed by atoms with Crippen LogP contribution in [0.2, 0.25) is 0 Å². The third-order valence-corrected chi connectivity index (χ3v) is 8.53. The molecule has 0 N–H and O–H groups in total. The van der Waals surface area contributed by atoms with Crippen LogP contribution in [0.1, 0.15) is 37.1 Å². The standard InChI is InChI=1S/C38H30N4/c1-2-35-39-33-18-9-10-19-34(33)42(35)28-13-11-12-27(24-28)25-20-22-26(23-21-25)37-36-29-14-5-3-4-6-16-31(29)41-38(36)30-15-7-8-17-32(30)40-37/h3-4,6-13,15-24,29H,2,5,14H2,1H3/b4-3-,16-6-. The van der Waals surface area contributed by atoms with Crippen LogP contribution in [0.25, 0.3) is 50.0 Å². The van der Waals surface area contributed by atoms with Crippen molar-refractivity contribution in [2.24, 2.45) is 4.99 Å². The van der Waals surface area contributed by atoms with Crippen LogP contribution in [-0.4, -0.2) is 20.2 Å². The number of para-hydroxylation sites is 3. The van der Waals surface area contributed by atoms with Crippen LogP contribution in [0, 0.1) is 0 Å². The summed E-state index contributed by atoms with van der Waals surface area (Å²) in [5.74, 6) is 1.32. The summed E-state index contributed by atoms with van der Waals surface area (Å²) in [7, 11) is 0. The van der Waals surface area contributed by atoms with Gasteiger partial charge in [-0.2, -0.15) is 0 Å². The van der Waals surface area contributed by atoms with Gasteiger partial charge in [0.05, 0.1) is 27.9 Å². The SMILES string of the molecule is CCc1nc2ccccc2n1-c1cccc(-c2ccc(-c3nc4ccccc4c4c3C3CC/C=C\C=C/C3=N4)cc2)c1. The Morgan fingerprint density at radius 2 is 1.57 bits per heavy atom. The van der Waals surface area contributed by atoms with E-state index in [1.807, 2.05) is 0 Å². The highest BCUT2D eigenvalue weighted by molar-refractivity contribution is 6.12. The van der Waals surface area contributed by atoms with Gasteiger partial charge in [0.25, 0.3) is 0 Å². The third kappa shape index (κ3) is 4.02. The highest BCUT2D eigenvalue weighted by atomic mass is 15.1. The summed E-state index contributed by atoms with van der Waals surface area (Å²) in [6, 6.07) is 34.4. The van der Waals surface area contributed by atoms with Crippen molar-refractivity contribution in [3.63, 3.8) is 0 Å². The molecule has 6 aromatic rings. The molecule has 1 unspecified atom stereocenters. The van der Waals surface area contributed by atoms with Gasteiger partial charge in [-0.1, -0.05) is 91.9 Å². The number of fused-ring (bicyclic) bond motifs is 6. The molecule has 2 aliphatic rings. The van der Waals surface area contributed by atoms with Crippen molar-refractivity contribution in [2.75, 3.05) is 0 Å². The topological polar surface area (TPSA) is 43.1 Å². The fraction of sp³-hybridized carbons (Fsp3) is 0.132. The van der Waals surface area contributed by atoms with Crippen molar-refractivity contribution in [1.82, 2.24) is 14.5 Å². The maximum absolute atomic E-state index is 5.23. The zero-order valence-corrected chi connectivity index (χ0v) is 23.5. The highest BCUT2D eigenvalue weighted by Crippen LogP contribution is 2.47. The quantitative estimate of drug-likeness (QED) is 0.223. The van der Waals surface area contributed by atoms with Crippen molar-refractivity contribution < 1.29 is 0 Å². The molecule has 0 saturated carbocycles. The largest absolute Gasteiger partial charge is 0.296 e. The normalized spacial score (nSPS) is 17.4. The highest BCUT2D eigenvalue weighted by Gasteiger charge is 2.31. The van der Waals surface area contributed by atoms with E-state index in [4.69, 9.17) is 15.0 Å². The number of rotatable bonds is 4. The number of pyridine rings is 1. The Morgan fingerprint density at radius 1 is 0.762 bits per heavy atom. The van der Waals surface area contributed by atoms with Gasteiger partial charge in [-0.05, 0) is 60.4 Å². The summed E-state index contributed by atoms with van der Waals surface area (Å²) < 4.78 is 2.28. The average molecular weight is 543 g/mol. The predicted octanol–water partition coefficient (Wildman–Crippen LogP) is 9.55. The van der Waals surface area contributed by atoms with Crippen LogP contribution in [0.3, 0.4) is 0 Å². The van der Waals surface area contributed by atoms with Crippen LogP contribution >= 0.6 is 0 Å². The van der Waals surface area contributed by atoms with Gasteiger partial charge in [0.15, 0.2) is 0 Å². The Balaban J connectivity index is 1.21. The molecule has 0 amide bonds. The predicted molar refractivity (Wildman–Crippen MR) is 174 cm³/mol. The van der Waals surface area contributed by atoms with Crippen LogP contribution in [0.4, 0.5) is 5.69 Å². The van der Waals surface area contributed by atoms with Crippen molar-refractivity contribution >= 4 is 33.3 Å². The maximum Gasteiger partial charge on any atom is 0.114 e. The van der Waals surface area contributed by atoms with E-state index in [2.05, 4.69) is 133 Å². The molecule has 2 aromatic heterocycles. The number of nitrogens with zero attached hydrogens (tertiary/aromatic N) is 4. The lowest BCUT2D eigenvalue weighted by Crippen LogP contribution is -2.08. The van der Waals surface area contributed by atoms with Crippen molar-refractivity contribution in [3.05, 3.63) is 133 Å². The van der Waals surface area contributed by atoms with Crippen molar-refractivity contribution in [2.45, 2.75) is 32.1 Å². The first kappa shape index (κ1) is 24.7. The summed E-state index contributed by atoms with van der Waals surface area (Å²) in [4.78, 5) is 15.3. The zero-order chi connectivity index (χ0) is 28.0. The smallest absolute Gasteiger partial charge is 0.114 e. The first-order valence-corrected chi connectivity index (χ1v) is 14.8. The number of hydrogen-bond acceptors (Lipinski definition) is 3. The zero-order valence-electron chi connectivity index (χ0n) is 23.5. The number of allylic oxidation sites excluding steroid dienone is 4. The van der Waals surface area contributed by atoms with Crippen LogP contribution in [-0.2, 0) is 6.42 Å². The molecule has 0 fully saturated rings. The molecule has 3 heterocycles. The Bertz CT molecular complexity index is 2080. The molecule has 4 nitrogen and oxygen atoms in total. The van der Waals surface area contributed by atoms with E-state index in [-0.39, 0.29) is 5.92 Å². The van der Waals surface area contributed by atoms with Gasteiger partial charge < -0.3 is 0 Å². The average Bonchev–Trinajstić information content (AvgIpc) is 3.59. The van der Waals surface area contributed by atoms with Gasteiger partial charge in [0, 0.05) is 40.3 Å². The molecule has 1 aliphatic carbocycles. The van der Waals surface area contributed by atoms with E-state index in [1.54, 1.807) is 0 Å².